The van der Waals surface area contributed by atoms with E-state index in [0.29, 0.717) is 19.4 Å². The number of unbranched alkanes of at least 4 members (excludes halogenated alkanes) is 36. The van der Waals surface area contributed by atoms with E-state index in [1.165, 1.54) is 212 Å². The molecule has 2 atom stereocenters. The summed E-state index contributed by atoms with van der Waals surface area (Å²) < 4.78 is 5.47. The van der Waals surface area contributed by atoms with Gasteiger partial charge in [-0.15, -0.1) is 0 Å². The van der Waals surface area contributed by atoms with Gasteiger partial charge in [0.1, 0.15) is 0 Å². The Morgan fingerprint density at radius 3 is 1.18 bits per heavy atom. The van der Waals surface area contributed by atoms with Crippen LogP contribution in [-0.4, -0.2) is 47.4 Å². The molecule has 0 aromatic carbocycles. The van der Waals surface area contributed by atoms with Crippen LogP contribution in [0.1, 0.15) is 296 Å². The fourth-order valence-corrected chi connectivity index (χ4v) is 8.60. The lowest BCUT2D eigenvalue weighted by Gasteiger charge is -2.20. The van der Waals surface area contributed by atoms with Gasteiger partial charge in [-0.3, -0.25) is 9.59 Å². The van der Waals surface area contributed by atoms with Crippen LogP contribution in [0.25, 0.3) is 0 Å². The van der Waals surface area contributed by atoms with Gasteiger partial charge >= 0.3 is 5.97 Å². The van der Waals surface area contributed by atoms with Crippen LogP contribution < -0.4 is 5.32 Å². The first-order valence-electron chi connectivity index (χ1n) is 28.9. The molecule has 1 amide bonds. The standard InChI is InChI=1S/C60H111NO5/c1-3-5-7-9-11-13-15-16-17-27-30-34-38-42-46-50-54-60(65)66-55-51-47-43-39-35-31-28-25-23-21-19-18-20-22-24-26-29-33-37-41-45-49-53-59(64)61-57(56-62)58(63)52-48-44-40-36-32-14-12-10-8-6-4-2/h13,15,17,20,22,27,48,52,57-58,62-63H,3-12,14,16,18-19,21,23-26,28-47,49-51,53-56H2,1-2H3,(H,61,64)/b15-13-,22-20-,27-17-,52-48+. The molecule has 0 aromatic heterocycles. The third-order valence-electron chi connectivity index (χ3n) is 13.1. The predicted molar refractivity (Wildman–Crippen MR) is 287 cm³/mol. The molecule has 2 unspecified atom stereocenters. The minimum Gasteiger partial charge on any atom is -0.466 e. The highest BCUT2D eigenvalue weighted by molar-refractivity contribution is 5.76. The third kappa shape index (κ3) is 51.2. The number of aliphatic hydroxyl groups is 2. The molecule has 3 N–H and O–H groups in total. The van der Waals surface area contributed by atoms with Crippen molar-refractivity contribution in [1.29, 1.82) is 0 Å². The summed E-state index contributed by atoms with van der Waals surface area (Å²) in [6.45, 7) is 4.86. The number of amides is 1. The molecular formula is C60H111NO5. The topological polar surface area (TPSA) is 95.9 Å². The van der Waals surface area contributed by atoms with Crippen molar-refractivity contribution in [3.05, 3.63) is 48.6 Å². The molecule has 0 heterocycles. The van der Waals surface area contributed by atoms with E-state index in [0.717, 1.165) is 57.8 Å². The van der Waals surface area contributed by atoms with Crippen LogP contribution >= 0.6 is 0 Å². The van der Waals surface area contributed by atoms with Crippen LogP contribution in [0.5, 0.6) is 0 Å². The zero-order valence-electron chi connectivity index (χ0n) is 43.9. The highest BCUT2D eigenvalue weighted by atomic mass is 16.5. The number of aliphatic hydroxyl groups excluding tert-OH is 2. The monoisotopic (exact) mass is 926 g/mol. The van der Waals surface area contributed by atoms with Crippen molar-refractivity contribution in [2.75, 3.05) is 13.2 Å². The van der Waals surface area contributed by atoms with Gasteiger partial charge in [0.05, 0.1) is 25.4 Å². The van der Waals surface area contributed by atoms with Crippen molar-refractivity contribution in [3.8, 4) is 0 Å². The average Bonchev–Trinajstić information content (AvgIpc) is 3.32. The highest BCUT2D eigenvalue weighted by Crippen LogP contribution is 2.15. The number of nitrogens with one attached hydrogen (secondary N) is 1. The van der Waals surface area contributed by atoms with Crippen LogP contribution in [0.3, 0.4) is 0 Å². The van der Waals surface area contributed by atoms with E-state index in [-0.39, 0.29) is 18.5 Å². The lowest BCUT2D eigenvalue weighted by Crippen LogP contribution is -2.45. The van der Waals surface area contributed by atoms with Crippen LogP contribution in [-0.2, 0) is 14.3 Å². The summed E-state index contributed by atoms with van der Waals surface area (Å²) in [6, 6.07) is -0.632. The molecule has 0 rings (SSSR count). The smallest absolute Gasteiger partial charge is 0.305 e. The number of ether oxygens (including phenoxy) is 1. The average molecular weight is 927 g/mol. The maximum atomic E-state index is 12.4. The Morgan fingerprint density at radius 2 is 0.758 bits per heavy atom. The molecule has 0 spiro atoms. The molecule has 66 heavy (non-hydrogen) atoms. The third-order valence-corrected chi connectivity index (χ3v) is 13.1. The van der Waals surface area contributed by atoms with Gasteiger partial charge in [-0.25, -0.2) is 0 Å². The summed E-state index contributed by atoms with van der Waals surface area (Å²) in [6.07, 6.45) is 69.9. The number of hydrogen-bond acceptors (Lipinski definition) is 5. The van der Waals surface area contributed by atoms with Gasteiger partial charge < -0.3 is 20.3 Å². The predicted octanol–water partition coefficient (Wildman–Crippen LogP) is 17.8. The second kappa shape index (κ2) is 55.4. The van der Waals surface area contributed by atoms with E-state index in [1.807, 2.05) is 6.08 Å². The van der Waals surface area contributed by atoms with E-state index in [4.69, 9.17) is 4.74 Å². The van der Waals surface area contributed by atoms with Crippen LogP contribution in [0.15, 0.2) is 48.6 Å². The minimum absolute atomic E-state index is 0.00477. The summed E-state index contributed by atoms with van der Waals surface area (Å²) in [7, 11) is 0. The summed E-state index contributed by atoms with van der Waals surface area (Å²) in [5.74, 6) is -0.0819. The second-order valence-electron chi connectivity index (χ2n) is 19.6. The number of hydrogen-bond donors (Lipinski definition) is 3. The Kier molecular flexibility index (Phi) is 53.6. The quantitative estimate of drug-likeness (QED) is 0.0321. The Morgan fingerprint density at radius 1 is 0.424 bits per heavy atom. The van der Waals surface area contributed by atoms with Gasteiger partial charge in [-0.1, -0.05) is 242 Å². The molecule has 0 saturated carbocycles. The lowest BCUT2D eigenvalue weighted by molar-refractivity contribution is -0.143. The Bertz CT molecular complexity index is 1110. The first-order chi connectivity index (χ1) is 32.5. The van der Waals surface area contributed by atoms with Gasteiger partial charge in [-0.05, 0) is 89.9 Å². The molecule has 0 aliphatic heterocycles. The largest absolute Gasteiger partial charge is 0.466 e. The van der Waals surface area contributed by atoms with Gasteiger partial charge in [-0.2, -0.15) is 0 Å². The fraction of sp³-hybridized carbons (Fsp3) is 0.833. The highest BCUT2D eigenvalue weighted by Gasteiger charge is 2.18. The van der Waals surface area contributed by atoms with Crippen molar-refractivity contribution in [1.82, 2.24) is 5.32 Å². The van der Waals surface area contributed by atoms with Crippen molar-refractivity contribution < 1.29 is 24.5 Å². The van der Waals surface area contributed by atoms with Crippen LogP contribution in [0, 0.1) is 0 Å². The molecular weight excluding hydrogens is 815 g/mol. The molecule has 6 nitrogen and oxygen atoms in total. The maximum absolute atomic E-state index is 12.4. The van der Waals surface area contributed by atoms with Gasteiger partial charge in [0.25, 0.3) is 0 Å². The molecule has 0 aromatic rings. The van der Waals surface area contributed by atoms with Crippen LogP contribution in [0.2, 0.25) is 0 Å². The van der Waals surface area contributed by atoms with Gasteiger partial charge in [0, 0.05) is 12.8 Å². The van der Waals surface area contributed by atoms with Crippen molar-refractivity contribution >= 4 is 11.9 Å². The lowest BCUT2D eigenvalue weighted by atomic mass is 10.0. The molecule has 0 radical (unpaired) electrons. The van der Waals surface area contributed by atoms with Crippen molar-refractivity contribution in [2.45, 2.75) is 309 Å². The number of allylic oxidation sites excluding steroid dienone is 7. The summed E-state index contributed by atoms with van der Waals surface area (Å²) >= 11 is 0. The molecule has 0 aliphatic rings. The molecule has 0 aliphatic carbocycles. The maximum Gasteiger partial charge on any atom is 0.305 e. The summed E-state index contributed by atoms with van der Waals surface area (Å²) in [4.78, 5) is 24.5. The first-order valence-corrected chi connectivity index (χ1v) is 28.9. The van der Waals surface area contributed by atoms with E-state index in [2.05, 4.69) is 55.6 Å². The van der Waals surface area contributed by atoms with E-state index < -0.39 is 12.1 Å². The van der Waals surface area contributed by atoms with E-state index >= 15 is 0 Å². The van der Waals surface area contributed by atoms with Gasteiger partial charge in [0.2, 0.25) is 5.91 Å². The molecule has 386 valence electrons. The Labute approximate surface area is 410 Å². The molecule has 0 fully saturated rings. The summed E-state index contributed by atoms with van der Waals surface area (Å²) in [5.41, 5.74) is 0. The van der Waals surface area contributed by atoms with Crippen molar-refractivity contribution in [2.24, 2.45) is 0 Å². The summed E-state index contributed by atoms with van der Waals surface area (Å²) in [5, 5.41) is 23.0. The van der Waals surface area contributed by atoms with Gasteiger partial charge in [0.15, 0.2) is 0 Å². The second-order valence-corrected chi connectivity index (χ2v) is 19.6. The van der Waals surface area contributed by atoms with Crippen molar-refractivity contribution in [3.63, 3.8) is 0 Å². The SMILES string of the molecule is CCCCCC/C=C\C/C=C\CCCCCCCC(=O)OCCCCCCCCCCCCC/C=C\CCCCCCCCCC(=O)NC(CO)C(O)/C=C/CCCCCCCCCCC. The first kappa shape index (κ1) is 63.8. The van der Waals surface area contributed by atoms with Crippen LogP contribution in [0.4, 0.5) is 0 Å². The Balaban J connectivity index is 3.43. The zero-order valence-corrected chi connectivity index (χ0v) is 43.9. The molecule has 0 saturated heterocycles. The molecule has 0 bridgehead atoms. The molecule has 6 heteroatoms. The Hall–Kier alpha value is -2.18. The number of rotatable bonds is 53. The zero-order chi connectivity index (χ0) is 47.9. The van der Waals surface area contributed by atoms with E-state index in [1.54, 1.807) is 6.08 Å². The minimum atomic E-state index is -0.848. The number of esters is 1. The fourth-order valence-electron chi connectivity index (χ4n) is 8.60. The number of carbonyl (C=O) groups excluding carboxylic acids is 2. The van der Waals surface area contributed by atoms with E-state index in [9.17, 15) is 19.8 Å². The normalized spacial score (nSPS) is 13.0. The number of carbonyl (C=O) groups is 2.